The summed E-state index contributed by atoms with van der Waals surface area (Å²) in [6, 6.07) is 4.07. The lowest BCUT2D eigenvalue weighted by atomic mass is 9.73. The van der Waals surface area contributed by atoms with Gasteiger partial charge in [0, 0.05) is 44.7 Å². The van der Waals surface area contributed by atoms with Crippen molar-refractivity contribution in [2.75, 3.05) is 26.9 Å². The molecule has 1 aliphatic carbocycles. The Hall–Kier alpha value is -2.05. The predicted octanol–water partition coefficient (Wildman–Crippen LogP) is 4.80. The number of hydrogen-bond donors (Lipinski definition) is 0. The Kier molecular flexibility index (Phi) is 6.55. The summed E-state index contributed by atoms with van der Waals surface area (Å²) >= 11 is 6.61. The molecule has 6 nitrogen and oxygen atoms in total. The molecule has 1 aromatic carbocycles. The maximum absolute atomic E-state index is 12.9. The molecule has 0 bridgehead atoms. The molecule has 7 heteroatoms. The average Bonchev–Trinajstić information content (AvgIpc) is 3.07. The van der Waals surface area contributed by atoms with Crippen molar-refractivity contribution in [3.63, 3.8) is 0 Å². The number of methoxy groups -OCH3 is 1. The zero-order valence-electron chi connectivity index (χ0n) is 19.3. The van der Waals surface area contributed by atoms with E-state index in [1.165, 1.54) is 5.56 Å². The molecule has 0 radical (unpaired) electrons. The molecule has 1 fully saturated rings. The van der Waals surface area contributed by atoms with Crippen LogP contribution in [0.25, 0.3) is 0 Å². The Morgan fingerprint density at radius 1 is 1.25 bits per heavy atom. The highest BCUT2D eigenvalue weighted by molar-refractivity contribution is 6.32. The smallest absolute Gasteiger partial charge is 0.343 e. The minimum atomic E-state index is -0.535. The molecule has 1 unspecified atom stereocenters. The third-order valence-corrected chi connectivity index (χ3v) is 7.36. The van der Waals surface area contributed by atoms with Crippen molar-refractivity contribution in [1.82, 2.24) is 4.90 Å². The van der Waals surface area contributed by atoms with Crippen LogP contribution in [0, 0.1) is 5.41 Å². The molecule has 2 heterocycles. The van der Waals surface area contributed by atoms with Crippen molar-refractivity contribution < 1.29 is 23.8 Å². The van der Waals surface area contributed by atoms with Crippen LogP contribution in [0.15, 0.2) is 23.9 Å². The summed E-state index contributed by atoms with van der Waals surface area (Å²) in [5, 5.41) is 0.546. The molecule has 0 amide bonds. The zero-order chi connectivity index (χ0) is 23.0. The second kappa shape index (κ2) is 9.06. The highest BCUT2D eigenvalue weighted by atomic mass is 35.5. The lowest BCUT2D eigenvalue weighted by Crippen LogP contribution is -2.50. The normalized spacial score (nSPS) is 25.5. The van der Waals surface area contributed by atoms with E-state index in [4.69, 9.17) is 25.8 Å². The first-order chi connectivity index (χ1) is 15.3. The third-order valence-electron chi connectivity index (χ3n) is 7.06. The van der Waals surface area contributed by atoms with E-state index in [9.17, 15) is 9.59 Å². The van der Waals surface area contributed by atoms with Crippen LogP contribution in [0.5, 0.6) is 5.75 Å². The zero-order valence-corrected chi connectivity index (χ0v) is 20.0. The number of ether oxygens (including phenoxy) is 3. The van der Waals surface area contributed by atoms with Crippen LogP contribution in [-0.4, -0.2) is 49.6 Å². The lowest BCUT2D eigenvalue weighted by molar-refractivity contribution is -0.140. The van der Waals surface area contributed by atoms with Crippen molar-refractivity contribution >= 4 is 23.4 Å². The number of halogens is 1. The maximum atomic E-state index is 12.9. The summed E-state index contributed by atoms with van der Waals surface area (Å²) in [5.41, 5.74) is 2.47. The fraction of sp³-hybridized carbons (Fsp3) is 0.600. The molecule has 4 rings (SSSR count). The van der Waals surface area contributed by atoms with E-state index in [1.54, 1.807) is 20.2 Å². The molecular formula is C25H32ClNO5. The van der Waals surface area contributed by atoms with E-state index in [0.29, 0.717) is 24.0 Å². The van der Waals surface area contributed by atoms with E-state index in [2.05, 4.69) is 24.8 Å². The van der Waals surface area contributed by atoms with Crippen molar-refractivity contribution in [2.24, 2.45) is 5.41 Å². The van der Waals surface area contributed by atoms with Crippen molar-refractivity contribution in [3.8, 4) is 5.75 Å². The van der Waals surface area contributed by atoms with Gasteiger partial charge in [0.2, 0.25) is 0 Å². The second-order valence-corrected chi connectivity index (χ2v) is 9.95. The first-order valence-electron chi connectivity index (χ1n) is 11.4. The highest BCUT2D eigenvalue weighted by Gasteiger charge is 2.53. The molecule has 0 spiro atoms. The van der Waals surface area contributed by atoms with Gasteiger partial charge in [-0.1, -0.05) is 25.4 Å². The van der Waals surface area contributed by atoms with Crippen LogP contribution in [0.4, 0.5) is 0 Å². The van der Waals surface area contributed by atoms with Crippen LogP contribution in [0.3, 0.4) is 0 Å². The summed E-state index contributed by atoms with van der Waals surface area (Å²) < 4.78 is 16.2. The standard InChI is InChI=1S/C25H32ClNO5/c1-5-31-24(29)18-14-27-20(13-21(18)28)17-11-19(26)22(32-10-6-9-30-4)12-16(17)15-7-8-25(2,3)23(15)27/h11-12,14-15,20,23H,5-10,13H2,1-4H3/t15-,20?,23+/m1/s1. The molecule has 2 aliphatic heterocycles. The first kappa shape index (κ1) is 23.1. The summed E-state index contributed by atoms with van der Waals surface area (Å²) in [7, 11) is 1.67. The summed E-state index contributed by atoms with van der Waals surface area (Å²) in [4.78, 5) is 27.6. The minimum Gasteiger partial charge on any atom is -0.492 e. The highest BCUT2D eigenvalue weighted by Crippen LogP contribution is 2.58. The van der Waals surface area contributed by atoms with Crippen LogP contribution >= 0.6 is 11.6 Å². The van der Waals surface area contributed by atoms with Gasteiger partial charge < -0.3 is 19.1 Å². The summed E-state index contributed by atoms with van der Waals surface area (Å²) in [6.45, 7) is 7.70. The van der Waals surface area contributed by atoms with Crippen LogP contribution in [0.2, 0.25) is 5.02 Å². The fourth-order valence-electron chi connectivity index (χ4n) is 5.63. The maximum Gasteiger partial charge on any atom is 0.343 e. The molecule has 32 heavy (non-hydrogen) atoms. The van der Waals surface area contributed by atoms with Gasteiger partial charge in [0.1, 0.15) is 11.3 Å². The first-order valence-corrected chi connectivity index (χ1v) is 11.8. The topological polar surface area (TPSA) is 65.1 Å². The minimum absolute atomic E-state index is 0.0381. The van der Waals surface area contributed by atoms with Crippen LogP contribution in [-0.2, 0) is 19.1 Å². The van der Waals surface area contributed by atoms with Gasteiger partial charge in [0.25, 0.3) is 0 Å². The van der Waals surface area contributed by atoms with Crippen molar-refractivity contribution in [3.05, 3.63) is 40.1 Å². The van der Waals surface area contributed by atoms with E-state index < -0.39 is 5.97 Å². The molecule has 1 aromatic rings. The SMILES string of the molecule is CCOC(=O)C1=CN2C(CC1=O)c1cc(Cl)c(OCCCOC)cc1[C@H]1CCC(C)(C)[C@H]12. The monoisotopic (exact) mass is 461 g/mol. The molecule has 1 saturated carbocycles. The van der Waals surface area contributed by atoms with E-state index >= 15 is 0 Å². The molecule has 0 aromatic heterocycles. The second-order valence-electron chi connectivity index (χ2n) is 9.54. The summed E-state index contributed by atoms with van der Waals surface area (Å²) in [5.74, 6) is 0.249. The number of carbonyl (C=O) groups is 2. The van der Waals surface area contributed by atoms with E-state index in [-0.39, 0.29) is 47.8 Å². The number of carbonyl (C=O) groups excluding carboxylic acids is 2. The quantitative estimate of drug-likeness (QED) is 0.330. The molecular weight excluding hydrogens is 430 g/mol. The molecule has 174 valence electrons. The number of esters is 1. The largest absolute Gasteiger partial charge is 0.492 e. The average molecular weight is 462 g/mol. The molecule has 3 aliphatic rings. The Morgan fingerprint density at radius 3 is 2.75 bits per heavy atom. The Morgan fingerprint density at radius 2 is 2.03 bits per heavy atom. The number of hydrogen-bond acceptors (Lipinski definition) is 6. The van der Waals surface area contributed by atoms with Gasteiger partial charge in [-0.05, 0) is 48.4 Å². The van der Waals surface area contributed by atoms with Gasteiger partial charge in [-0.15, -0.1) is 0 Å². The number of nitrogens with zero attached hydrogens (tertiary/aromatic N) is 1. The predicted molar refractivity (Wildman–Crippen MR) is 122 cm³/mol. The van der Waals surface area contributed by atoms with E-state index in [0.717, 1.165) is 24.8 Å². The van der Waals surface area contributed by atoms with Gasteiger partial charge in [0.15, 0.2) is 5.78 Å². The third kappa shape index (κ3) is 4.03. The van der Waals surface area contributed by atoms with Crippen molar-refractivity contribution in [1.29, 1.82) is 0 Å². The van der Waals surface area contributed by atoms with E-state index in [1.807, 2.05) is 6.07 Å². The van der Waals surface area contributed by atoms with Gasteiger partial charge in [-0.3, -0.25) is 4.79 Å². The van der Waals surface area contributed by atoms with Crippen molar-refractivity contribution in [2.45, 2.75) is 64.5 Å². The lowest BCUT2D eigenvalue weighted by Gasteiger charge is -2.50. The van der Waals surface area contributed by atoms with Gasteiger partial charge in [-0.25, -0.2) is 4.79 Å². The van der Waals surface area contributed by atoms with Crippen LogP contribution < -0.4 is 4.74 Å². The number of Topliss-reactive ketones (excluding diaryl/α,β-unsaturated/α-hetero) is 1. The number of benzene rings is 1. The number of fused-ring (bicyclic) bond motifs is 6. The van der Waals surface area contributed by atoms with Crippen LogP contribution in [0.1, 0.15) is 69.5 Å². The summed E-state index contributed by atoms with van der Waals surface area (Å²) in [6.07, 6.45) is 4.88. The molecule has 3 atom stereocenters. The van der Waals surface area contributed by atoms with Gasteiger partial charge in [-0.2, -0.15) is 0 Å². The Bertz CT molecular complexity index is 941. The fourth-order valence-corrected chi connectivity index (χ4v) is 5.85. The van der Waals surface area contributed by atoms with Gasteiger partial charge in [0.05, 0.1) is 24.3 Å². The number of rotatable bonds is 7. The Labute approximate surface area is 194 Å². The molecule has 0 saturated heterocycles. The molecule has 0 N–H and O–H groups in total. The number of ketones is 1. The van der Waals surface area contributed by atoms with Gasteiger partial charge >= 0.3 is 5.97 Å². The Balaban J connectivity index is 1.75.